The summed E-state index contributed by atoms with van der Waals surface area (Å²) in [5.74, 6) is 1.00. The molecule has 1 aliphatic heterocycles. The van der Waals surface area contributed by atoms with E-state index >= 15 is 0 Å². The Morgan fingerprint density at radius 3 is 2.86 bits per heavy atom. The Balaban J connectivity index is 2.33. The molecule has 0 bridgehead atoms. The average molecular weight is 310 g/mol. The highest BCUT2D eigenvalue weighted by atomic mass is 32.2. The second kappa shape index (κ2) is 5.88. The van der Waals surface area contributed by atoms with Crippen LogP contribution in [0.15, 0.2) is 12.3 Å². The number of rotatable bonds is 3. The van der Waals surface area contributed by atoms with E-state index in [1.165, 1.54) is 6.07 Å². The summed E-state index contributed by atoms with van der Waals surface area (Å²) in [6, 6.07) is 1.29. The Bertz CT molecular complexity index is 577. The molecule has 0 aliphatic carbocycles. The molecular formula is C13H18N4O3S. The monoisotopic (exact) mass is 310 g/mol. The zero-order valence-corrected chi connectivity index (χ0v) is 13.1. The van der Waals surface area contributed by atoms with Crippen LogP contribution in [0.4, 0.5) is 11.5 Å². The summed E-state index contributed by atoms with van der Waals surface area (Å²) in [5.41, 5.74) is 0.0670. The Labute approximate surface area is 127 Å². The molecule has 114 valence electrons. The first kappa shape index (κ1) is 15.6. The number of amides is 1. The summed E-state index contributed by atoms with van der Waals surface area (Å²) < 4.78 is -0.0120. The molecular weight excluding hydrogens is 292 g/mol. The standard InChI is InChI=1S/C13H18N4O3S/c1-13(2)8-16(4-5-21-13)12(18)10-6-9(17(19)20)7-15-11(10)14-3/h6-7H,4-5,8H2,1-3H3,(H,14,15). The van der Waals surface area contributed by atoms with Crippen LogP contribution >= 0.6 is 11.8 Å². The van der Waals surface area contributed by atoms with E-state index in [0.29, 0.717) is 18.9 Å². The zero-order chi connectivity index (χ0) is 15.6. The molecule has 0 radical (unpaired) electrons. The highest BCUT2D eigenvalue weighted by molar-refractivity contribution is 8.00. The van der Waals surface area contributed by atoms with E-state index in [4.69, 9.17) is 0 Å². The van der Waals surface area contributed by atoms with E-state index in [1.807, 2.05) is 11.8 Å². The maximum Gasteiger partial charge on any atom is 0.288 e. The van der Waals surface area contributed by atoms with Gasteiger partial charge in [-0.2, -0.15) is 11.8 Å². The lowest BCUT2D eigenvalue weighted by Crippen LogP contribution is -2.46. The van der Waals surface area contributed by atoms with Gasteiger partial charge in [0.1, 0.15) is 12.0 Å². The minimum atomic E-state index is -0.542. The maximum absolute atomic E-state index is 12.7. The van der Waals surface area contributed by atoms with Gasteiger partial charge in [0.05, 0.1) is 10.5 Å². The van der Waals surface area contributed by atoms with Crippen LogP contribution in [0.1, 0.15) is 24.2 Å². The number of aromatic nitrogens is 1. The Morgan fingerprint density at radius 2 is 2.29 bits per heavy atom. The van der Waals surface area contributed by atoms with Crippen molar-refractivity contribution < 1.29 is 9.72 Å². The number of thioether (sulfide) groups is 1. The van der Waals surface area contributed by atoms with E-state index < -0.39 is 4.92 Å². The lowest BCUT2D eigenvalue weighted by atomic mass is 10.1. The van der Waals surface area contributed by atoms with Gasteiger partial charge in [0, 0.05) is 36.7 Å². The zero-order valence-electron chi connectivity index (χ0n) is 12.3. The Kier molecular flexibility index (Phi) is 4.36. The normalized spacial score (nSPS) is 17.4. The molecule has 2 rings (SSSR count). The summed E-state index contributed by atoms with van der Waals surface area (Å²) in [5, 5.41) is 13.7. The van der Waals surface area contributed by atoms with Crippen molar-refractivity contribution in [3.05, 3.63) is 27.9 Å². The van der Waals surface area contributed by atoms with E-state index in [1.54, 1.807) is 11.9 Å². The van der Waals surface area contributed by atoms with Crippen LogP contribution in [-0.4, -0.2) is 51.4 Å². The molecule has 1 N–H and O–H groups in total. The number of carbonyl (C=O) groups excluding carboxylic acids is 1. The Hall–Kier alpha value is -1.83. The van der Waals surface area contributed by atoms with Crippen LogP contribution in [-0.2, 0) is 0 Å². The minimum Gasteiger partial charge on any atom is -0.372 e. The maximum atomic E-state index is 12.7. The predicted molar refractivity (Wildman–Crippen MR) is 82.9 cm³/mol. The van der Waals surface area contributed by atoms with Gasteiger partial charge in [-0.05, 0) is 13.8 Å². The Morgan fingerprint density at radius 1 is 1.57 bits per heavy atom. The van der Waals surface area contributed by atoms with Gasteiger partial charge in [-0.3, -0.25) is 14.9 Å². The van der Waals surface area contributed by atoms with Crippen LogP contribution in [0.2, 0.25) is 0 Å². The van der Waals surface area contributed by atoms with Gasteiger partial charge >= 0.3 is 0 Å². The number of nitrogens with one attached hydrogen (secondary N) is 1. The molecule has 1 aliphatic rings. The fourth-order valence-electron chi connectivity index (χ4n) is 2.28. The van der Waals surface area contributed by atoms with Gasteiger partial charge in [0.25, 0.3) is 11.6 Å². The highest BCUT2D eigenvalue weighted by Gasteiger charge is 2.31. The molecule has 1 aromatic heterocycles. The number of nitro groups is 1. The van der Waals surface area contributed by atoms with Crippen molar-refractivity contribution in [3.63, 3.8) is 0 Å². The summed E-state index contributed by atoms with van der Waals surface area (Å²) in [6.45, 7) is 5.42. The van der Waals surface area contributed by atoms with E-state index in [-0.39, 0.29) is 21.9 Å². The molecule has 21 heavy (non-hydrogen) atoms. The topological polar surface area (TPSA) is 88.4 Å². The quantitative estimate of drug-likeness (QED) is 0.678. The third-order valence-corrected chi connectivity index (χ3v) is 4.56. The molecule has 0 unspecified atom stereocenters. The first-order valence-electron chi connectivity index (χ1n) is 6.59. The smallest absolute Gasteiger partial charge is 0.288 e. The van der Waals surface area contributed by atoms with Crippen molar-refractivity contribution >= 4 is 29.2 Å². The summed E-state index contributed by atoms with van der Waals surface area (Å²) in [6.07, 6.45) is 1.15. The van der Waals surface area contributed by atoms with Crippen LogP contribution < -0.4 is 5.32 Å². The van der Waals surface area contributed by atoms with E-state index in [0.717, 1.165) is 11.9 Å². The number of anilines is 1. The number of hydrogen-bond donors (Lipinski definition) is 1. The molecule has 8 heteroatoms. The summed E-state index contributed by atoms with van der Waals surface area (Å²) in [4.78, 5) is 28.7. The van der Waals surface area contributed by atoms with Gasteiger partial charge in [-0.25, -0.2) is 4.98 Å². The molecule has 1 saturated heterocycles. The highest BCUT2D eigenvalue weighted by Crippen LogP contribution is 2.31. The lowest BCUT2D eigenvalue weighted by molar-refractivity contribution is -0.385. The van der Waals surface area contributed by atoms with Crippen molar-refractivity contribution in [2.75, 3.05) is 31.2 Å². The fraction of sp³-hybridized carbons (Fsp3) is 0.538. The van der Waals surface area contributed by atoms with E-state index in [9.17, 15) is 14.9 Å². The summed E-state index contributed by atoms with van der Waals surface area (Å²) in [7, 11) is 1.64. The van der Waals surface area contributed by atoms with Crippen molar-refractivity contribution in [2.45, 2.75) is 18.6 Å². The van der Waals surface area contributed by atoms with Crippen LogP contribution in [0.5, 0.6) is 0 Å². The first-order valence-corrected chi connectivity index (χ1v) is 7.58. The molecule has 1 fully saturated rings. The van der Waals surface area contributed by atoms with E-state index in [2.05, 4.69) is 24.1 Å². The largest absolute Gasteiger partial charge is 0.372 e. The molecule has 7 nitrogen and oxygen atoms in total. The minimum absolute atomic E-state index is 0.0120. The van der Waals surface area contributed by atoms with Gasteiger partial charge < -0.3 is 10.2 Å². The molecule has 0 saturated carbocycles. The third kappa shape index (κ3) is 3.44. The summed E-state index contributed by atoms with van der Waals surface area (Å²) >= 11 is 1.82. The first-order chi connectivity index (χ1) is 9.84. The van der Waals surface area contributed by atoms with Crippen molar-refractivity contribution in [3.8, 4) is 0 Å². The molecule has 0 atom stereocenters. The SMILES string of the molecule is CNc1ncc([N+](=O)[O-])cc1C(=O)N1CCSC(C)(C)C1. The van der Waals surface area contributed by atoms with Gasteiger partial charge in [-0.15, -0.1) is 0 Å². The number of pyridine rings is 1. The van der Waals surface area contributed by atoms with Crippen molar-refractivity contribution in [2.24, 2.45) is 0 Å². The van der Waals surface area contributed by atoms with Crippen LogP contribution in [0.3, 0.4) is 0 Å². The molecule has 1 amide bonds. The van der Waals surface area contributed by atoms with Crippen molar-refractivity contribution in [1.29, 1.82) is 0 Å². The van der Waals surface area contributed by atoms with Crippen LogP contribution in [0, 0.1) is 10.1 Å². The molecule has 2 heterocycles. The molecule has 0 spiro atoms. The molecule has 1 aromatic rings. The van der Waals surface area contributed by atoms with Gasteiger partial charge in [-0.1, -0.05) is 0 Å². The second-order valence-corrected chi connectivity index (χ2v) is 7.23. The van der Waals surface area contributed by atoms with Gasteiger partial charge in [0.2, 0.25) is 0 Å². The number of nitrogens with zero attached hydrogens (tertiary/aromatic N) is 3. The second-order valence-electron chi connectivity index (χ2n) is 5.43. The third-order valence-electron chi connectivity index (χ3n) is 3.26. The molecule has 0 aromatic carbocycles. The average Bonchev–Trinajstić information content (AvgIpc) is 2.44. The van der Waals surface area contributed by atoms with Crippen molar-refractivity contribution in [1.82, 2.24) is 9.88 Å². The predicted octanol–water partition coefficient (Wildman–Crippen LogP) is 2.00. The fourth-order valence-corrected chi connectivity index (χ4v) is 3.39. The lowest BCUT2D eigenvalue weighted by Gasteiger charge is -2.37. The van der Waals surface area contributed by atoms with Gasteiger partial charge in [0.15, 0.2) is 0 Å². The number of carbonyl (C=O) groups is 1. The number of hydrogen-bond acceptors (Lipinski definition) is 6. The van der Waals surface area contributed by atoms with Crippen LogP contribution in [0.25, 0.3) is 0 Å².